The molecule has 1 rings (SSSR count). The van der Waals surface area contributed by atoms with Crippen LogP contribution < -0.4 is 10.1 Å². The van der Waals surface area contributed by atoms with Crippen molar-refractivity contribution in [3.63, 3.8) is 0 Å². The molecule has 0 bridgehead atoms. The standard InChI is InChI=1S/C11H14N2O4/c1-6-4-5-8(10(12-6)17-3)9(14)13-7(2)11(15)16/h4-5,7H,1-3H3,(H,13,14)(H,15,16). The van der Waals surface area contributed by atoms with Gasteiger partial charge in [0.1, 0.15) is 11.6 Å². The fourth-order valence-corrected chi connectivity index (χ4v) is 1.20. The minimum atomic E-state index is -1.10. The maximum atomic E-state index is 11.8. The lowest BCUT2D eigenvalue weighted by Crippen LogP contribution is -2.38. The van der Waals surface area contributed by atoms with E-state index >= 15 is 0 Å². The molecule has 0 fully saturated rings. The molecule has 1 atom stereocenters. The van der Waals surface area contributed by atoms with Gasteiger partial charge in [-0.15, -0.1) is 0 Å². The number of aliphatic carboxylic acids is 1. The summed E-state index contributed by atoms with van der Waals surface area (Å²) in [6.07, 6.45) is 0. The SMILES string of the molecule is COc1nc(C)ccc1C(=O)NC(C)C(=O)O. The van der Waals surface area contributed by atoms with Gasteiger partial charge in [-0.05, 0) is 26.0 Å². The summed E-state index contributed by atoms with van der Waals surface area (Å²) in [5.74, 6) is -1.44. The van der Waals surface area contributed by atoms with E-state index in [2.05, 4.69) is 10.3 Å². The predicted octanol–water partition coefficient (Wildman–Crippen LogP) is 0.602. The van der Waals surface area contributed by atoms with E-state index < -0.39 is 17.9 Å². The highest BCUT2D eigenvalue weighted by atomic mass is 16.5. The summed E-state index contributed by atoms with van der Waals surface area (Å²) in [4.78, 5) is 26.4. The van der Waals surface area contributed by atoms with E-state index in [-0.39, 0.29) is 11.4 Å². The molecule has 17 heavy (non-hydrogen) atoms. The molecule has 1 aromatic heterocycles. The van der Waals surface area contributed by atoms with Crippen LogP contribution in [0.2, 0.25) is 0 Å². The highest BCUT2D eigenvalue weighted by Crippen LogP contribution is 2.15. The van der Waals surface area contributed by atoms with Gasteiger partial charge in [-0.2, -0.15) is 0 Å². The number of carboxylic acids is 1. The highest BCUT2D eigenvalue weighted by molar-refractivity contribution is 5.98. The van der Waals surface area contributed by atoms with Crippen molar-refractivity contribution >= 4 is 11.9 Å². The Bertz CT molecular complexity index is 445. The van der Waals surface area contributed by atoms with E-state index in [1.54, 1.807) is 19.1 Å². The molecular weight excluding hydrogens is 224 g/mol. The second-order valence-corrected chi connectivity index (χ2v) is 3.54. The van der Waals surface area contributed by atoms with Crippen LogP contribution in [0.1, 0.15) is 23.0 Å². The number of ether oxygens (including phenoxy) is 1. The van der Waals surface area contributed by atoms with Crippen LogP contribution in [-0.2, 0) is 4.79 Å². The van der Waals surface area contributed by atoms with Crippen LogP contribution in [0.15, 0.2) is 12.1 Å². The first kappa shape index (κ1) is 13.0. The van der Waals surface area contributed by atoms with E-state index in [1.165, 1.54) is 14.0 Å². The van der Waals surface area contributed by atoms with Gasteiger partial charge in [0.2, 0.25) is 5.88 Å². The van der Waals surface area contributed by atoms with E-state index in [0.717, 1.165) is 0 Å². The average Bonchev–Trinajstić information content (AvgIpc) is 2.28. The number of hydrogen-bond acceptors (Lipinski definition) is 4. The molecule has 1 unspecified atom stereocenters. The number of carboxylic acid groups (broad SMARTS) is 1. The van der Waals surface area contributed by atoms with Crippen LogP contribution in [0, 0.1) is 6.92 Å². The number of nitrogens with zero attached hydrogens (tertiary/aromatic N) is 1. The Morgan fingerprint density at radius 3 is 2.65 bits per heavy atom. The summed E-state index contributed by atoms with van der Waals surface area (Å²) >= 11 is 0. The zero-order valence-electron chi connectivity index (χ0n) is 9.85. The third kappa shape index (κ3) is 3.17. The smallest absolute Gasteiger partial charge is 0.325 e. The molecule has 0 aliphatic rings. The number of carbonyl (C=O) groups is 2. The number of nitrogens with one attached hydrogen (secondary N) is 1. The van der Waals surface area contributed by atoms with Gasteiger partial charge in [0.15, 0.2) is 0 Å². The number of aryl methyl sites for hydroxylation is 1. The van der Waals surface area contributed by atoms with Crippen LogP contribution in [0.5, 0.6) is 5.88 Å². The van der Waals surface area contributed by atoms with Crippen molar-refractivity contribution in [2.75, 3.05) is 7.11 Å². The molecule has 0 saturated carbocycles. The monoisotopic (exact) mass is 238 g/mol. The third-order valence-corrected chi connectivity index (χ3v) is 2.16. The number of methoxy groups -OCH3 is 1. The number of aromatic nitrogens is 1. The maximum Gasteiger partial charge on any atom is 0.325 e. The van der Waals surface area contributed by atoms with Crippen molar-refractivity contribution in [2.24, 2.45) is 0 Å². The lowest BCUT2D eigenvalue weighted by atomic mass is 10.2. The molecule has 92 valence electrons. The van der Waals surface area contributed by atoms with Crippen molar-refractivity contribution < 1.29 is 19.4 Å². The van der Waals surface area contributed by atoms with Gasteiger partial charge >= 0.3 is 5.97 Å². The molecule has 2 N–H and O–H groups in total. The third-order valence-electron chi connectivity index (χ3n) is 2.16. The molecule has 0 saturated heterocycles. The Morgan fingerprint density at radius 2 is 2.12 bits per heavy atom. The van der Waals surface area contributed by atoms with E-state index in [1.807, 2.05) is 0 Å². The normalized spacial score (nSPS) is 11.7. The molecule has 0 aliphatic heterocycles. The molecular formula is C11H14N2O4. The Kier molecular flexibility index (Phi) is 4.03. The number of hydrogen-bond donors (Lipinski definition) is 2. The Morgan fingerprint density at radius 1 is 1.47 bits per heavy atom. The average molecular weight is 238 g/mol. The Balaban J connectivity index is 2.92. The van der Waals surface area contributed by atoms with Gasteiger partial charge in [0, 0.05) is 5.69 Å². The number of pyridine rings is 1. The summed E-state index contributed by atoms with van der Waals surface area (Å²) < 4.78 is 4.97. The number of rotatable bonds is 4. The number of amides is 1. The predicted molar refractivity (Wildman–Crippen MR) is 60.1 cm³/mol. The van der Waals surface area contributed by atoms with Gasteiger partial charge in [-0.1, -0.05) is 0 Å². The molecule has 6 heteroatoms. The van der Waals surface area contributed by atoms with Gasteiger partial charge < -0.3 is 15.2 Å². The second-order valence-electron chi connectivity index (χ2n) is 3.54. The van der Waals surface area contributed by atoms with Crippen LogP contribution in [0.25, 0.3) is 0 Å². The molecule has 6 nitrogen and oxygen atoms in total. The molecule has 1 aromatic rings. The van der Waals surface area contributed by atoms with Gasteiger partial charge in [-0.25, -0.2) is 4.98 Å². The molecule has 0 aliphatic carbocycles. The minimum Gasteiger partial charge on any atom is -0.480 e. The highest BCUT2D eigenvalue weighted by Gasteiger charge is 2.18. The van der Waals surface area contributed by atoms with Gasteiger partial charge in [0.25, 0.3) is 5.91 Å². The molecule has 0 radical (unpaired) electrons. The lowest BCUT2D eigenvalue weighted by molar-refractivity contribution is -0.138. The molecule has 1 amide bonds. The van der Waals surface area contributed by atoms with Crippen LogP contribution >= 0.6 is 0 Å². The van der Waals surface area contributed by atoms with E-state index in [0.29, 0.717) is 5.69 Å². The minimum absolute atomic E-state index is 0.181. The summed E-state index contributed by atoms with van der Waals surface area (Å²) in [6.45, 7) is 3.15. The summed E-state index contributed by atoms with van der Waals surface area (Å²) in [7, 11) is 1.40. The van der Waals surface area contributed by atoms with E-state index in [9.17, 15) is 9.59 Å². The summed E-state index contributed by atoms with van der Waals surface area (Å²) in [5.41, 5.74) is 0.927. The quantitative estimate of drug-likeness (QED) is 0.802. The second kappa shape index (κ2) is 5.29. The van der Waals surface area contributed by atoms with Crippen LogP contribution in [-0.4, -0.2) is 35.1 Å². The van der Waals surface area contributed by atoms with Gasteiger partial charge in [0.05, 0.1) is 7.11 Å². The largest absolute Gasteiger partial charge is 0.480 e. The molecule has 0 aromatic carbocycles. The fraction of sp³-hybridized carbons (Fsp3) is 0.364. The molecule has 0 spiro atoms. The van der Waals surface area contributed by atoms with E-state index in [4.69, 9.17) is 9.84 Å². The molecule has 1 heterocycles. The first-order valence-corrected chi connectivity index (χ1v) is 5.01. The fourth-order valence-electron chi connectivity index (χ4n) is 1.20. The Hall–Kier alpha value is -2.11. The van der Waals surface area contributed by atoms with Crippen molar-refractivity contribution in [2.45, 2.75) is 19.9 Å². The van der Waals surface area contributed by atoms with Crippen molar-refractivity contribution in [3.8, 4) is 5.88 Å². The van der Waals surface area contributed by atoms with Gasteiger partial charge in [-0.3, -0.25) is 9.59 Å². The first-order valence-electron chi connectivity index (χ1n) is 5.01. The summed E-state index contributed by atoms with van der Waals surface area (Å²) in [6, 6.07) is 2.24. The van der Waals surface area contributed by atoms with Crippen molar-refractivity contribution in [1.29, 1.82) is 0 Å². The van der Waals surface area contributed by atoms with Crippen LogP contribution in [0.4, 0.5) is 0 Å². The van der Waals surface area contributed by atoms with Crippen molar-refractivity contribution in [3.05, 3.63) is 23.4 Å². The lowest BCUT2D eigenvalue weighted by Gasteiger charge is -2.11. The topological polar surface area (TPSA) is 88.5 Å². The zero-order valence-corrected chi connectivity index (χ0v) is 9.85. The van der Waals surface area contributed by atoms with Crippen LogP contribution in [0.3, 0.4) is 0 Å². The van der Waals surface area contributed by atoms with Crippen molar-refractivity contribution in [1.82, 2.24) is 10.3 Å². The summed E-state index contributed by atoms with van der Waals surface area (Å²) in [5, 5.41) is 11.0. The maximum absolute atomic E-state index is 11.8. The zero-order chi connectivity index (χ0) is 13.0. The number of carbonyl (C=O) groups excluding carboxylic acids is 1. The first-order chi connectivity index (χ1) is 7.95. The Labute approximate surface area is 98.6 Å².